The van der Waals surface area contributed by atoms with E-state index >= 15 is 0 Å². The lowest BCUT2D eigenvalue weighted by Crippen LogP contribution is -2.13. The highest BCUT2D eigenvalue weighted by molar-refractivity contribution is 6.30. The zero-order valence-corrected chi connectivity index (χ0v) is 19.4. The zero-order valence-electron chi connectivity index (χ0n) is 18.7. The summed E-state index contributed by atoms with van der Waals surface area (Å²) >= 11 is 5.92. The number of halogens is 1. The quantitative estimate of drug-likeness (QED) is 0.495. The second-order valence-electron chi connectivity index (χ2n) is 6.08. The lowest BCUT2D eigenvalue weighted by atomic mass is 10.1. The molecule has 31 heavy (non-hydrogen) atoms. The third-order valence-corrected chi connectivity index (χ3v) is 4.77. The van der Waals surface area contributed by atoms with Gasteiger partial charge >= 0.3 is 0 Å². The third-order valence-electron chi connectivity index (χ3n) is 4.52. The highest BCUT2D eigenvalue weighted by Gasteiger charge is 2.21. The predicted molar refractivity (Wildman–Crippen MR) is 123 cm³/mol. The highest BCUT2D eigenvalue weighted by Crippen LogP contribution is 2.33. The molecule has 0 aliphatic carbocycles. The van der Waals surface area contributed by atoms with Gasteiger partial charge in [0.1, 0.15) is 11.8 Å². The molecule has 0 amide bonds. The van der Waals surface area contributed by atoms with Crippen molar-refractivity contribution in [3.05, 3.63) is 63.8 Å². The van der Waals surface area contributed by atoms with Crippen LogP contribution in [0.5, 0.6) is 5.75 Å². The van der Waals surface area contributed by atoms with Gasteiger partial charge in [-0.15, -0.1) is 0 Å². The molecule has 0 bridgehead atoms. The molecule has 164 valence electrons. The number of benzene rings is 2. The number of fused-ring (bicyclic) bond motifs is 1. The van der Waals surface area contributed by atoms with Crippen molar-refractivity contribution in [2.24, 2.45) is 0 Å². The number of methoxy groups -OCH3 is 2. The van der Waals surface area contributed by atoms with Gasteiger partial charge in [0.05, 0.1) is 25.3 Å². The van der Waals surface area contributed by atoms with Gasteiger partial charge in [0.15, 0.2) is 0 Å². The summed E-state index contributed by atoms with van der Waals surface area (Å²) in [4.78, 5) is 22.0. The topological polar surface area (TPSA) is 81.3 Å². The lowest BCUT2D eigenvalue weighted by molar-refractivity contribution is -0.126. The van der Waals surface area contributed by atoms with Crippen LogP contribution in [0.1, 0.15) is 48.0 Å². The lowest BCUT2D eigenvalue weighted by Gasteiger charge is -2.08. The van der Waals surface area contributed by atoms with Crippen LogP contribution in [0.15, 0.2) is 36.4 Å². The van der Waals surface area contributed by atoms with Crippen LogP contribution in [-0.2, 0) is 16.0 Å². The number of ether oxygens (including phenoxy) is 2. The van der Waals surface area contributed by atoms with Crippen LogP contribution < -0.4 is 4.74 Å². The number of hydrogen-bond acceptors (Lipinski definition) is 5. The molecule has 1 heterocycles. The van der Waals surface area contributed by atoms with Gasteiger partial charge in [-0.1, -0.05) is 32.4 Å². The van der Waals surface area contributed by atoms with E-state index in [1.54, 1.807) is 34.9 Å². The molecule has 0 spiro atoms. The van der Waals surface area contributed by atoms with Crippen molar-refractivity contribution >= 4 is 34.9 Å². The Labute approximate surface area is 187 Å². The first-order valence-corrected chi connectivity index (χ1v) is 10.2. The maximum absolute atomic E-state index is 13.1. The molecule has 0 aliphatic heterocycles. The molecule has 6 nitrogen and oxygen atoms in total. The number of carbonyl (C=O) groups is 2. The van der Waals surface area contributed by atoms with Gasteiger partial charge in [0.25, 0.3) is 12.4 Å². The Kier molecular flexibility index (Phi) is 10.3. The first-order valence-electron chi connectivity index (χ1n) is 9.82. The molecule has 1 aromatic heterocycles. The molecule has 0 unspecified atom stereocenters. The molecule has 0 saturated heterocycles. The maximum atomic E-state index is 13.1. The average Bonchev–Trinajstić information content (AvgIpc) is 3.09. The van der Waals surface area contributed by atoms with E-state index in [0.29, 0.717) is 33.9 Å². The van der Waals surface area contributed by atoms with Crippen LogP contribution in [0.2, 0.25) is 5.02 Å². The molecular formula is C24H27ClN2O4. The number of rotatable bonds is 4. The van der Waals surface area contributed by atoms with Crippen molar-refractivity contribution in [2.75, 3.05) is 14.2 Å². The van der Waals surface area contributed by atoms with Gasteiger partial charge in [-0.25, -0.2) is 0 Å². The van der Waals surface area contributed by atoms with E-state index in [9.17, 15) is 10.1 Å². The molecule has 2 aromatic carbocycles. The normalized spacial score (nSPS) is 9.48. The monoisotopic (exact) mass is 442 g/mol. The standard InChI is InChI=1S/C20H17ClN2O2.C2H4O2.C2H6/c1-4-16-12(2)23(20(24)13-5-7-15(21)8-6-13)18-9-14(11-22)19(25-3)10-17(16)18;1-4-2-3;1-2/h5-10H,4H2,1-3H3;2H,1H3;1-2H3. The maximum Gasteiger partial charge on any atom is 0.292 e. The van der Waals surface area contributed by atoms with Crippen molar-refractivity contribution in [3.8, 4) is 11.8 Å². The Morgan fingerprint density at radius 3 is 2.23 bits per heavy atom. The van der Waals surface area contributed by atoms with Gasteiger partial charge in [-0.2, -0.15) is 5.26 Å². The number of aryl methyl sites for hydroxylation is 1. The fraction of sp³-hybridized carbons (Fsp3) is 0.292. The predicted octanol–water partition coefficient (Wildman–Crippen LogP) is 5.55. The minimum atomic E-state index is -0.145. The van der Waals surface area contributed by atoms with Crippen LogP contribution in [0, 0.1) is 18.3 Å². The first-order chi connectivity index (χ1) is 14.9. The molecule has 0 aliphatic rings. The fourth-order valence-corrected chi connectivity index (χ4v) is 3.32. The van der Waals surface area contributed by atoms with E-state index in [4.69, 9.17) is 21.1 Å². The van der Waals surface area contributed by atoms with Gasteiger partial charge < -0.3 is 9.47 Å². The van der Waals surface area contributed by atoms with Crippen LogP contribution in [-0.4, -0.2) is 31.2 Å². The summed E-state index contributed by atoms with van der Waals surface area (Å²) in [5.41, 5.74) is 3.60. The number of nitriles is 1. The summed E-state index contributed by atoms with van der Waals surface area (Å²) in [7, 11) is 2.85. The summed E-state index contributed by atoms with van der Waals surface area (Å²) < 4.78 is 10.8. The van der Waals surface area contributed by atoms with Crippen LogP contribution in [0.3, 0.4) is 0 Å². The molecule has 0 N–H and O–H groups in total. The molecule has 3 aromatic rings. The van der Waals surface area contributed by atoms with Gasteiger partial charge in [-0.3, -0.25) is 14.2 Å². The zero-order chi connectivity index (χ0) is 23.6. The van der Waals surface area contributed by atoms with E-state index in [0.717, 1.165) is 23.1 Å². The van der Waals surface area contributed by atoms with Gasteiger partial charge in [0, 0.05) is 21.7 Å². The second kappa shape index (κ2) is 12.4. The van der Waals surface area contributed by atoms with E-state index in [2.05, 4.69) is 10.8 Å². The van der Waals surface area contributed by atoms with E-state index in [-0.39, 0.29) is 5.91 Å². The second-order valence-corrected chi connectivity index (χ2v) is 6.51. The molecule has 0 fully saturated rings. The van der Waals surface area contributed by atoms with E-state index in [1.807, 2.05) is 33.8 Å². The number of nitrogens with zero attached hydrogens (tertiary/aromatic N) is 2. The third kappa shape index (κ3) is 5.65. The van der Waals surface area contributed by atoms with Crippen LogP contribution in [0.25, 0.3) is 10.9 Å². The fourth-order valence-electron chi connectivity index (χ4n) is 3.19. The van der Waals surface area contributed by atoms with Gasteiger partial charge in [0.2, 0.25) is 0 Å². The minimum Gasteiger partial charge on any atom is -0.495 e. The Morgan fingerprint density at radius 2 is 1.77 bits per heavy atom. The minimum absolute atomic E-state index is 0.145. The molecule has 3 rings (SSSR count). The molecule has 0 saturated carbocycles. The smallest absolute Gasteiger partial charge is 0.292 e. The average molecular weight is 443 g/mol. The van der Waals surface area contributed by atoms with E-state index < -0.39 is 0 Å². The number of carbonyl (C=O) groups excluding carboxylic acids is 2. The molecular weight excluding hydrogens is 416 g/mol. The summed E-state index contributed by atoms with van der Waals surface area (Å²) in [5, 5.41) is 10.9. The Bertz CT molecular complexity index is 1080. The van der Waals surface area contributed by atoms with Crippen LogP contribution >= 0.6 is 11.6 Å². The summed E-state index contributed by atoms with van der Waals surface area (Å²) in [6.07, 6.45) is 0.776. The first kappa shape index (κ1) is 25.7. The van der Waals surface area contributed by atoms with E-state index in [1.165, 1.54) is 14.2 Å². The van der Waals surface area contributed by atoms with Gasteiger partial charge in [-0.05, 0) is 55.3 Å². The Morgan fingerprint density at radius 1 is 1.19 bits per heavy atom. The Balaban J connectivity index is 0.000000720. The SMILES string of the molecule is CC.CCc1c(C)n(C(=O)c2ccc(Cl)cc2)c2cc(C#N)c(OC)cc12.COC=O. The van der Waals surface area contributed by atoms with Crippen LogP contribution in [0.4, 0.5) is 0 Å². The highest BCUT2D eigenvalue weighted by atomic mass is 35.5. The molecule has 0 atom stereocenters. The largest absolute Gasteiger partial charge is 0.495 e. The van der Waals surface area contributed by atoms with Crippen molar-refractivity contribution < 1.29 is 19.1 Å². The number of hydrogen-bond donors (Lipinski definition) is 0. The van der Waals surface area contributed by atoms with Crippen molar-refractivity contribution in [2.45, 2.75) is 34.1 Å². The van der Waals surface area contributed by atoms with Crippen molar-refractivity contribution in [3.63, 3.8) is 0 Å². The van der Waals surface area contributed by atoms with Crippen molar-refractivity contribution in [1.82, 2.24) is 4.57 Å². The summed E-state index contributed by atoms with van der Waals surface area (Å²) in [5.74, 6) is 0.369. The van der Waals surface area contributed by atoms with Crippen molar-refractivity contribution in [1.29, 1.82) is 5.26 Å². The Hall–Kier alpha value is -3.30. The number of aromatic nitrogens is 1. The molecule has 0 radical (unpaired) electrons. The summed E-state index contributed by atoms with van der Waals surface area (Å²) in [6.45, 7) is 8.34. The summed E-state index contributed by atoms with van der Waals surface area (Å²) in [6, 6.07) is 12.5. The molecule has 7 heteroatoms.